The lowest BCUT2D eigenvalue weighted by Crippen LogP contribution is -2.05. The fourth-order valence-corrected chi connectivity index (χ4v) is 1.25. The predicted octanol–water partition coefficient (Wildman–Crippen LogP) is 2.01. The number of aryl methyl sites for hydroxylation is 1. The van der Waals surface area contributed by atoms with E-state index in [2.05, 4.69) is 12.1 Å². The largest absolute Gasteiger partial charge is 0.384 e. The van der Waals surface area contributed by atoms with Crippen LogP contribution >= 0.6 is 0 Å². The molecule has 1 aromatic rings. The van der Waals surface area contributed by atoms with E-state index >= 15 is 0 Å². The van der Waals surface area contributed by atoms with E-state index in [0.29, 0.717) is 0 Å². The van der Waals surface area contributed by atoms with Gasteiger partial charge in [-0.15, -0.1) is 0 Å². The van der Waals surface area contributed by atoms with Crippen molar-refractivity contribution < 1.29 is 4.52 Å². The van der Waals surface area contributed by atoms with Crippen LogP contribution in [0.25, 0.3) is 0 Å². The highest BCUT2D eigenvalue weighted by Crippen LogP contribution is 2.06. The summed E-state index contributed by atoms with van der Waals surface area (Å²) >= 11 is 0. The summed E-state index contributed by atoms with van der Waals surface area (Å²) in [5, 5.41) is 2.33. The van der Waals surface area contributed by atoms with Crippen LogP contribution in [0.15, 0.2) is 9.32 Å². The Morgan fingerprint density at radius 3 is 2.67 bits per heavy atom. The summed E-state index contributed by atoms with van der Waals surface area (Å²) < 4.78 is 4.89. The molecule has 3 heteroatoms. The van der Waals surface area contributed by atoms with Crippen LogP contribution in [-0.4, -0.2) is 5.16 Å². The Labute approximate surface area is 71.7 Å². The minimum absolute atomic E-state index is 0.0661. The van der Waals surface area contributed by atoms with Crippen molar-refractivity contribution in [1.82, 2.24) is 5.16 Å². The predicted molar refractivity (Wildman–Crippen MR) is 47.3 cm³/mol. The molecule has 12 heavy (non-hydrogen) atoms. The molecule has 0 aliphatic rings. The zero-order chi connectivity index (χ0) is 8.97. The van der Waals surface area contributed by atoms with Gasteiger partial charge in [-0.05, 0) is 19.8 Å². The van der Waals surface area contributed by atoms with Gasteiger partial charge in [0.2, 0.25) is 0 Å². The molecule has 0 aliphatic carbocycles. The molecule has 0 spiro atoms. The van der Waals surface area contributed by atoms with Gasteiger partial charge in [0.25, 0.3) is 5.56 Å². The quantitative estimate of drug-likeness (QED) is 0.701. The lowest BCUT2D eigenvalue weighted by molar-refractivity contribution is 0.391. The van der Waals surface area contributed by atoms with Gasteiger partial charge in [-0.3, -0.25) is 4.79 Å². The summed E-state index contributed by atoms with van der Waals surface area (Å²) in [6.45, 7) is 3.96. The first-order valence-corrected chi connectivity index (χ1v) is 4.42. The molecular weight excluding hydrogens is 154 g/mol. The molecule has 0 aromatic carbocycles. The second-order valence-electron chi connectivity index (χ2n) is 3.03. The molecule has 1 heterocycles. The van der Waals surface area contributed by atoms with E-state index in [9.17, 15) is 4.79 Å². The third kappa shape index (κ3) is 2.00. The molecule has 3 nitrogen and oxygen atoms in total. The molecule has 68 valence electrons. The van der Waals surface area contributed by atoms with Crippen molar-refractivity contribution in [3.8, 4) is 0 Å². The second kappa shape index (κ2) is 4.14. The minimum atomic E-state index is -0.0661. The van der Waals surface area contributed by atoms with E-state index in [1.165, 1.54) is 12.8 Å². The maximum absolute atomic E-state index is 11.1. The first-order chi connectivity index (χ1) is 5.75. The molecule has 0 saturated heterocycles. The fourth-order valence-electron chi connectivity index (χ4n) is 1.25. The first-order valence-electron chi connectivity index (χ1n) is 4.42. The number of aromatic nitrogens is 1. The van der Waals surface area contributed by atoms with Crippen molar-refractivity contribution in [2.24, 2.45) is 0 Å². The molecule has 0 fully saturated rings. The maximum atomic E-state index is 11.1. The van der Waals surface area contributed by atoms with E-state index in [4.69, 9.17) is 4.52 Å². The Bertz CT molecular complexity index is 285. The lowest BCUT2D eigenvalue weighted by Gasteiger charge is -1.94. The maximum Gasteiger partial charge on any atom is 0.283 e. The number of hydrogen-bond acceptors (Lipinski definition) is 2. The number of unbranched alkanes of at least 4 members (excludes halogenated alkanes) is 2. The molecule has 1 aromatic heterocycles. The zero-order valence-electron chi connectivity index (χ0n) is 7.64. The molecule has 1 N–H and O–H groups in total. The minimum Gasteiger partial charge on any atom is -0.384 e. The van der Waals surface area contributed by atoms with Crippen LogP contribution in [0, 0.1) is 6.92 Å². The average Bonchev–Trinajstić information content (AvgIpc) is 2.35. The molecule has 0 aliphatic heterocycles. The monoisotopic (exact) mass is 169 g/mol. The van der Waals surface area contributed by atoms with Crippen molar-refractivity contribution >= 4 is 0 Å². The highest BCUT2D eigenvalue weighted by atomic mass is 16.5. The van der Waals surface area contributed by atoms with Gasteiger partial charge in [0, 0.05) is 0 Å². The summed E-state index contributed by atoms with van der Waals surface area (Å²) in [6.07, 6.45) is 4.25. The number of aromatic amines is 1. The van der Waals surface area contributed by atoms with Gasteiger partial charge in [-0.25, -0.2) is 0 Å². The molecule has 0 unspecified atom stereocenters. The lowest BCUT2D eigenvalue weighted by atomic mass is 10.1. The summed E-state index contributed by atoms with van der Waals surface area (Å²) in [4.78, 5) is 11.1. The normalized spacial score (nSPS) is 10.5. The van der Waals surface area contributed by atoms with Crippen molar-refractivity contribution in [1.29, 1.82) is 0 Å². The van der Waals surface area contributed by atoms with Gasteiger partial charge in [0.1, 0.15) is 5.76 Å². The van der Waals surface area contributed by atoms with Crippen LogP contribution in [0.1, 0.15) is 37.5 Å². The van der Waals surface area contributed by atoms with Crippen LogP contribution in [0.3, 0.4) is 0 Å². The van der Waals surface area contributed by atoms with Gasteiger partial charge in [0.05, 0.1) is 5.56 Å². The molecule has 0 bridgehead atoms. The third-order valence-electron chi connectivity index (χ3n) is 2.03. The van der Waals surface area contributed by atoms with Crippen LogP contribution in [0.5, 0.6) is 0 Å². The van der Waals surface area contributed by atoms with E-state index in [-0.39, 0.29) is 5.56 Å². The van der Waals surface area contributed by atoms with Crippen molar-refractivity contribution in [3.63, 3.8) is 0 Å². The van der Waals surface area contributed by atoms with Gasteiger partial charge in [0.15, 0.2) is 0 Å². The standard InChI is InChI=1S/C9H15NO2/c1-3-4-5-6-8-7(2)12-10-9(8)11/h3-6H2,1-2H3,(H,10,11). The second-order valence-corrected chi connectivity index (χ2v) is 3.03. The van der Waals surface area contributed by atoms with E-state index in [1.54, 1.807) is 0 Å². The summed E-state index contributed by atoms with van der Waals surface area (Å²) in [5.41, 5.74) is 0.743. The smallest absolute Gasteiger partial charge is 0.283 e. The van der Waals surface area contributed by atoms with Crippen molar-refractivity contribution in [2.45, 2.75) is 39.5 Å². The van der Waals surface area contributed by atoms with Crippen LogP contribution in [0.2, 0.25) is 0 Å². The highest BCUT2D eigenvalue weighted by Gasteiger charge is 2.06. The fraction of sp³-hybridized carbons (Fsp3) is 0.667. The Balaban J connectivity index is 2.56. The third-order valence-corrected chi connectivity index (χ3v) is 2.03. The topological polar surface area (TPSA) is 46.0 Å². The van der Waals surface area contributed by atoms with Gasteiger partial charge in [-0.1, -0.05) is 19.8 Å². The van der Waals surface area contributed by atoms with Gasteiger partial charge >= 0.3 is 0 Å². The van der Waals surface area contributed by atoms with E-state index in [1.807, 2.05) is 6.92 Å². The SMILES string of the molecule is CCCCCc1c(C)o[nH]c1=O. The van der Waals surface area contributed by atoms with Gasteiger partial charge < -0.3 is 4.52 Å². The van der Waals surface area contributed by atoms with Gasteiger partial charge in [-0.2, -0.15) is 5.16 Å². The highest BCUT2D eigenvalue weighted by molar-refractivity contribution is 5.11. The molecule has 0 saturated carbocycles. The van der Waals surface area contributed by atoms with Crippen LogP contribution < -0.4 is 5.56 Å². The molecule has 0 radical (unpaired) electrons. The number of H-pyrrole nitrogens is 1. The molecule has 0 atom stereocenters. The summed E-state index contributed by atoms with van der Waals surface area (Å²) in [6, 6.07) is 0. The van der Waals surface area contributed by atoms with Crippen LogP contribution in [0.4, 0.5) is 0 Å². The molecular formula is C9H15NO2. The molecule has 0 amide bonds. The summed E-state index contributed by atoms with van der Waals surface area (Å²) in [7, 11) is 0. The Hall–Kier alpha value is -0.990. The number of rotatable bonds is 4. The Morgan fingerprint density at radius 2 is 2.17 bits per heavy atom. The first kappa shape index (κ1) is 9.10. The van der Waals surface area contributed by atoms with E-state index < -0.39 is 0 Å². The zero-order valence-corrected chi connectivity index (χ0v) is 7.64. The summed E-state index contributed by atoms with van der Waals surface area (Å²) in [5.74, 6) is 0.733. The van der Waals surface area contributed by atoms with E-state index in [0.717, 1.165) is 24.2 Å². The van der Waals surface area contributed by atoms with Crippen LogP contribution in [-0.2, 0) is 6.42 Å². The Morgan fingerprint density at radius 1 is 1.42 bits per heavy atom. The van der Waals surface area contributed by atoms with Crippen molar-refractivity contribution in [3.05, 3.63) is 21.7 Å². The average molecular weight is 169 g/mol. The molecule has 1 rings (SSSR count). The number of nitrogens with one attached hydrogen (secondary N) is 1. The van der Waals surface area contributed by atoms with Crippen molar-refractivity contribution in [2.75, 3.05) is 0 Å². The number of hydrogen-bond donors (Lipinski definition) is 1. The Kier molecular flexibility index (Phi) is 3.14.